The lowest BCUT2D eigenvalue weighted by molar-refractivity contribution is -0.144. The Hall–Kier alpha value is -1.26. The summed E-state index contributed by atoms with van der Waals surface area (Å²) in [7, 11) is 0. The molecule has 5 nitrogen and oxygen atoms in total. The van der Waals surface area contributed by atoms with Gasteiger partial charge in [0.05, 0.1) is 0 Å². The van der Waals surface area contributed by atoms with Gasteiger partial charge in [0, 0.05) is 13.1 Å². The van der Waals surface area contributed by atoms with E-state index in [4.69, 9.17) is 0 Å². The summed E-state index contributed by atoms with van der Waals surface area (Å²) >= 11 is 0. The van der Waals surface area contributed by atoms with Crippen molar-refractivity contribution < 1.29 is 14.7 Å². The van der Waals surface area contributed by atoms with Crippen molar-refractivity contribution in [3.63, 3.8) is 0 Å². The molecule has 0 atom stereocenters. The average Bonchev–Trinajstić information content (AvgIpc) is 2.79. The zero-order chi connectivity index (χ0) is 13.2. The third kappa shape index (κ3) is 2.60. The zero-order valence-corrected chi connectivity index (χ0v) is 10.9. The maximum absolute atomic E-state index is 12.1. The molecule has 1 heterocycles. The number of carboxylic acids is 1. The van der Waals surface area contributed by atoms with Gasteiger partial charge in [0.2, 0.25) is 0 Å². The van der Waals surface area contributed by atoms with Gasteiger partial charge < -0.3 is 15.3 Å². The van der Waals surface area contributed by atoms with Crippen LogP contribution in [0.25, 0.3) is 0 Å². The molecule has 0 radical (unpaired) electrons. The van der Waals surface area contributed by atoms with Crippen LogP contribution in [0.4, 0.5) is 4.79 Å². The van der Waals surface area contributed by atoms with Gasteiger partial charge in [-0.05, 0) is 31.6 Å². The normalized spacial score (nSPS) is 23.9. The highest BCUT2D eigenvalue weighted by Crippen LogP contribution is 2.30. The Morgan fingerprint density at radius 3 is 2.28 bits per heavy atom. The van der Waals surface area contributed by atoms with Gasteiger partial charge in [-0.15, -0.1) is 0 Å². The molecule has 2 aliphatic rings. The van der Waals surface area contributed by atoms with Crippen LogP contribution in [0.15, 0.2) is 0 Å². The van der Waals surface area contributed by atoms with E-state index in [-0.39, 0.29) is 6.03 Å². The Balaban J connectivity index is 1.95. The lowest BCUT2D eigenvalue weighted by Crippen LogP contribution is -2.57. The van der Waals surface area contributed by atoms with Crippen molar-refractivity contribution in [3.05, 3.63) is 0 Å². The zero-order valence-electron chi connectivity index (χ0n) is 10.9. The highest BCUT2D eigenvalue weighted by Gasteiger charge is 2.43. The first-order valence-corrected chi connectivity index (χ1v) is 6.84. The molecular weight excluding hydrogens is 232 g/mol. The van der Waals surface area contributed by atoms with Crippen LogP contribution in [0.3, 0.4) is 0 Å². The van der Waals surface area contributed by atoms with Crippen LogP contribution in [0.5, 0.6) is 0 Å². The molecule has 2 rings (SSSR count). The first-order valence-electron chi connectivity index (χ1n) is 6.84. The monoisotopic (exact) mass is 254 g/mol. The number of carbonyl (C=O) groups is 2. The lowest BCUT2D eigenvalue weighted by atomic mass is 9.97. The van der Waals surface area contributed by atoms with Crippen molar-refractivity contribution in [2.24, 2.45) is 5.92 Å². The van der Waals surface area contributed by atoms with Gasteiger partial charge in [-0.2, -0.15) is 0 Å². The van der Waals surface area contributed by atoms with Gasteiger partial charge >= 0.3 is 12.0 Å². The molecule has 1 aliphatic carbocycles. The molecule has 1 saturated heterocycles. The van der Waals surface area contributed by atoms with E-state index in [0.717, 1.165) is 38.8 Å². The smallest absolute Gasteiger partial charge is 0.329 e. The van der Waals surface area contributed by atoms with Crippen molar-refractivity contribution in [1.82, 2.24) is 10.2 Å². The molecule has 18 heavy (non-hydrogen) atoms. The van der Waals surface area contributed by atoms with Gasteiger partial charge in [-0.3, -0.25) is 0 Å². The van der Waals surface area contributed by atoms with Gasteiger partial charge in [0.25, 0.3) is 0 Å². The summed E-state index contributed by atoms with van der Waals surface area (Å²) in [6.07, 6.45) is 4.88. The minimum Gasteiger partial charge on any atom is -0.480 e. The van der Waals surface area contributed by atoms with Crippen LogP contribution in [-0.2, 0) is 4.79 Å². The molecule has 102 valence electrons. The van der Waals surface area contributed by atoms with Crippen LogP contribution >= 0.6 is 0 Å². The first kappa shape index (κ1) is 13.2. The molecule has 1 aliphatic heterocycles. The number of likely N-dealkylation sites (tertiary alicyclic amines) is 1. The molecule has 0 bridgehead atoms. The molecule has 1 saturated carbocycles. The summed E-state index contributed by atoms with van der Waals surface area (Å²) in [4.78, 5) is 25.2. The Morgan fingerprint density at radius 2 is 1.78 bits per heavy atom. The number of hydrogen-bond acceptors (Lipinski definition) is 2. The van der Waals surface area contributed by atoms with Crippen molar-refractivity contribution in [3.8, 4) is 0 Å². The number of amides is 2. The Kier molecular flexibility index (Phi) is 3.78. The molecule has 2 amide bonds. The van der Waals surface area contributed by atoms with E-state index in [1.165, 1.54) is 0 Å². The van der Waals surface area contributed by atoms with E-state index in [1.54, 1.807) is 4.90 Å². The van der Waals surface area contributed by atoms with E-state index in [2.05, 4.69) is 12.2 Å². The number of nitrogens with one attached hydrogen (secondary N) is 1. The maximum Gasteiger partial charge on any atom is 0.329 e. The van der Waals surface area contributed by atoms with Crippen molar-refractivity contribution in [2.45, 2.75) is 51.0 Å². The summed E-state index contributed by atoms with van der Waals surface area (Å²) in [5.41, 5.74) is -1.01. The lowest BCUT2D eigenvalue weighted by Gasteiger charge is -2.34. The number of hydrogen-bond donors (Lipinski definition) is 2. The molecule has 0 aromatic heterocycles. The van der Waals surface area contributed by atoms with Gasteiger partial charge in [0.15, 0.2) is 0 Å². The van der Waals surface area contributed by atoms with E-state index in [9.17, 15) is 14.7 Å². The van der Waals surface area contributed by atoms with E-state index < -0.39 is 11.5 Å². The average molecular weight is 254 g/mol. The van der Waals surface area contributed by atoms with Crippen LogP contribution in [0, 0.1) is 5.92 Å². The van der Waals surface area contributed by atoms with Gasteiger partial charge in [0.1, 0.15) is 5.54 Å². The van der Waals surface area contributed by atoms with E-state index in [1.807, 2.05) is 0 Å². The quantitative estimate of drug-likeness (QED) is 0.789. The summed E-state index contributed by atoms with van der Waals surface area (Å²) < 4.78 is 0. The first-order chi connectivity index (χ1) is 8.53. The number of carbonyl (C=O) groups excluding carboxylic acids is 1. The third-order valence-corrected chi connectivity index (χ3v) is 4.28. The number of piperidine rings is 1. The second-order valence-electron chi connectivity index (χ2n) is 5.69. The standard InChI is InChI=1S/C13H22N2O3/c1-10-4-8-15(9-5-10)12(18)14-13(11(16)17)6-2-3-7-13/h10H,2-9H2,1H3,(H,14,18)(H,16,17). The summed E-state index contributed by atoms with van der Waals surface area (Å²) in [5.74, 6) is -0.229. The Morgan fingerprint density at radius 1 is 1.22 bits per heavy atom. The fraction of sp³-hybridized carbons (Fsp3) is 0.846. The van der Waals surface area contributed by atoms with Crippen LogP contribution < -0.4 is 5.32 Å². The molecule has 0 aromatic rings. The van der Waals surface area contributed by atoms with Gasteiger partial charge in [-0.25, -0.2) is 9.59 Å². The summed E-state index contributed by atoms with van der Waals surface area (Å²) in [6, 6.07) is -0.203. The van der Waals surface area contributed by atoms with Crippen LogP contribution in [0.2, 0.25) is 0 Å². The number of rotatable bonds is 2. The van der Waals surface area contributed by atoms with E-state index >= 15 is 0 Å². The SMILES string of the molecule is CC1CCN(C(=O)NC2(C(=O)O)CCCC2)CC1. The molecule has 2 N–H and O–H groups in total. The highest BCUT2D eigenvalue weighted by molar-refractivity contribution is 5.86. The fourth-order valence-corrected chi connectivity index (χ4v) is 2.87. The van der Waals surface area contributed by atoms with Crippen molar-refractivity contribution >= 4 is 12.0 Å². The second-order valence-corrected chi connectivity index (χ2v) is 5.69. The molecule has 5 heteroatoms. The molecule has 2 fully saturated rings. The number of carboxylic acid groups (broad SMARTS) is 1. The summed E-state index contributed by atoms with van der Waals surface area (Å²) in [6.45, 7) is 3.66. The molecular formula is C13H22N2O3. The third-order valence-electron chi connectivity index (χ3n) is 4.28. The Bertz CT molecular complexity index is 329. The molecule has 0 spiro atoms. The topological polar surface area (TPSA) is 69.6 Å². The number of aliphatic carboxylic acids is 1. The molecule has 0 aromatic carbocycles. The minimum atomic E-state index is -1.01. The second kappa shape index (κ2) is 5.16. The molecule has 0 unspecified atom stereocenters. The van der Waals surface area contributed by atoms with Crippen molar-refractivity contribution in [1.29, 1.82) is 0 Å². The minimum absolute atomic E-state index is 0.203. The summed E-state index contributed by atoms with van der Waals surface area (Å²) in [5, 5.41) is 12.1. The van der Waals surface area contributed by atoms with Crippen LogP contribution in [-0.4, -0.2) is 40.6 Å². The largest absolute Gasteiger partial charge is 0.480 e. The fourth-order valence-electron chi connectivity index (χ4n) is 2.87. The van der Waals surface area contributed by atoms with Crippen molar-refractivity contribution in [2.75, 3.05) is 13.1 Å². The Labute approximate surface area is 108 Å². The number of urea groups is 1. The van der Waals surface area contributed by atoms with E-state index in [0.29, 0.717) is 18.8 Å². The predicted octanol–water partition coefficient (Wildman–Crippen LogP) is 1.83. The van der Waals surface area contributed by atoms with Gasteiger partial charge in [-0.1, -0.05) is 19.8 Å². The van der Waals surface area contributed by atoms with Crippen LogP contribution in [0.1, 0.15) is 45.4 Å². The highest BCUT2D eigenvalue weighted by atomic mass is 16.4. The maximum atomic E-state index is 12.1. The number of nitrogens with zero attached hydrogens (tertiary/aromatic N) is 1. The predicted molar refractivity (Wildman–Crippen MR) is 67.3 cm³/mol.